The van der Waals surface area contributed by atoms with Crippen LogP contribution in [0.15, 0.2) is 35.2 Å². The maximum atomic E-state index is 13.0. The summed E-state index contributed by atoms with van der Waals surface area (Å²) in [4.78, 5) is 17.7. The molecule has 0 saturated heterocycles. The molecule has 184 valence electrons. The number of carbonyl (C=O) groups excluding carboxylic acids is 1. The Kier molecular flexibility index (Phi) is 8.15. The van der Waals surface area contributed by atoms with E-state index < -0.39 is 10.0 Å². The molecule has 0 aliphatic carbocycles. The average molecular weight is 485 g/mol. The predicted octanol–water partition coefficient (Wildman–Crippen LogP) is 4.97. The molecule has 1 amide bonds. The van der Waals surface area contributed by atoms with Crippen molar-refractivity contribution in [3.05, 3.63) is 52.8 Å². The molecule has 1 N–H and O–H groups in total. The quantitative estimate of drug-likeness (QED) is 0.440. The number of anilines is 1. The molecule has 0 atom stereocenters. The maximum Gasteiger partial charge on any atom is 0.243 e. The summed E-state index contributed by atoms with van der Waals surface area (Å²) in [6.45, 7) is 13.4. The molecule has 0 spiro atoms. The van der Waals surface area contributed by atoms with Gasteiger partial charge in [-0.3, -0.25) is 4.79 Å². The highest BCUT2D eigenvalue weighted by molar-refractivity contribution is 7.89. The smallest absolute Gasteiger partial charge is 0.243 e. The highest BCUT2D eigenvalue weighted by Crippen LogP contribution is 2.25. The van der Waals surface area contributed by atoms with Gasteiger partial charge in [0.1, 0.15) is 5.82 Å². The second-order valence-corrected chi connectivity index (χ2v) is 10.7. The molecule has 0 fully saturated rings. The number of sulfonamides is 1. The first-order chi connectivity index (χ1) is 16.1. The van der Waals surface area contributed by atoms with E-state index in [1.807, 2.05) is 40.7 Å². The van der Waals surface area contributed by atoms with Crippen molar-refractivity contribution in [3.8, 4) is 0 Å². The molecule has 7 nitrogen and oxygen atoms in total. The lowest BCUT2D eigenvalue weighted by molar-refractivity contribution is -0.116. The third-order valence-electron chi connectivity index (χ3n) is 6.11. The van der Waals surface area contributed by atoms with Crippen LogP contribution < -0.4 is 5.32 Å². The fourth-order valence-corrected chi connectivity index (χ4v) is 5.98. The number of imidazole rings is 1. The Morgan fingerprint density at radius 1 is 1.03 bits per heavy atom. The van der Waals surface area contributed by atoms with Crippen LogP contribution in [0.2, 0.25) is 0 Å². The van der Waals surface area contributed by atoms with Gasteiger partial charge in [-0.05, 0) is 56.5 Å². The molecule has 34 heavy (non-hydrogen) atoms. The molecule has 2 aromatic carbocycles. The van der Waals surface area contributed by atoms with Crippen molar-refractivity contribution in [1.82, 2.24) is 13.9 Å². The van der Waals surface area contributed by atoms with E-state index in [2.05, 4.69) is 28.9 Å². The number of fused-ring (bicyclic) bond motifs is 1. The Balaban J connectivity index is 1.86. The van der Waals surface area contributed by atoms with Crippen LogP contribution >= 0.6 is 0 Å². The maximum absolute atomic E-state index is 13.0. The van der Waals surface area contributed by atoms with E-state index in [0.29, 0.717) is 31.4 Å². The second-order valence-electron chi connectivity index (χ2n) is 8.74. The van der Waals surface area contributed by atoms with Gasteiger partial charge in [0, 0.05) is 38.2 Å². The Labute approximate surface area is 203 Å². The SMILES string of the molecule is CCCn1c(CCC(=O)Nc2c(C)cc(C)cc2C)nc2cc(S(=O)(=O)N(CC)CC)ccc21. The summed E-state index contributed by atoms with van der Waals surface area (Å²) in [5.41, 5.74) is 5.66. The van der Waals surface area contributed by atoms with Crippen molar-refractivity contribution >= 4 is 32.7 Å². The fourth-order valence-electron chi connectivity index (χ4n) is 4.50. The van der Waals surface area contributed by atoms with Crippen LogP contribution in [0.5, 0.6) is 0 Å². The summed E-state index contributed by atoms with van der Waals surface area (Å²) in [6.07, 6.45) is 1.68. The normalized spacial score (nSPS) is 12.0. The lowest BCUT2D eigenvalue weighted by atomic mass is 10.0. The van der Waals surface area contributed by atoms with E-state index in [1.54, 1.807) is 12.1 Å². The van der Waals surface area contributed by atoms with E-state index in [4.69, 9.17) is 4.98 Å². The first-order valence-electron chi connectivity index (χ1n) is 12.0. The summed E-state index contributed by atoms with van der Waals surface area (Å²) in [5.74, 6) is 0.733. The van der Waals surface area contributed by atoms with Crippen molar-refractivity contribution in [1.29, 1.82) is 0 Å². The number of aromatic nitrogens is 2. The van der Waals surface area contributed by atoms with Gasteiger partial charge in [-0.25, -0.2) is 13.4 Å². The van der Waals surface area contributed by atoms with Crippen LogP contribution in [0, 0.1) is 20.8 Å². The third kappa shape index (κ3) is 5.33. The molecule has 0 bridgehead atoms. The summed E-state index contributed by atoms with van der Waals surface area (Å²) >= 11 is 0. The third-order valence-corrected chi connectivity index (χ3v) is 8.15. The highest BCUT2D eigenvalue weighted by atomic mass is 32.2. The number of nitrogens with one attached hydrogen (secondary N) is 1. The van der Waals surface area contributed by atoms with Gasteiger partial charge < -0.3 is 9.88 Å². The zero-order chi connectivity index (χ0) is 25.0. The minimum absolute atomic E-state index is 0.0602. The average Bonchev–Trinajstić information content (AvgIpc) is 3.12. The first-order valence-corrected chi connectivity index (χ1v) is 13.4. The van der Waals surface area contributed by atoms with Gasteiger partial charge >= 0.3 is 0 Å². The first kappa shape index (κ1) is 25.9. The Morgan fingerprint density at radius 2 is 1.68 bits per heavy atom. The topological polar surface area (TPSA) is 84.3 Å². The van der Waals surface area contributed by atoms with Crippen molar-refractivity contribution in [2.24, 2.45) is 0 Å². The van der Waals surface area contributed by atoms with E-state index >= 15 is 0 Å². The summed E-state index contributed by atoms with van der Waals surface area (Å²) in [6, 6.07) is 9.26. The zero-order valence-corrected chi connectivity index (χ0v) is 21.9. The molecule has 0 radical (unpaired) electrons. The standard InChI is InChI=1S/C26H36N4O3S/c1-7-14-30-23-11-10-21(34(32,33)29(8-2)9-3)17-22(23)27-24(30)12-13-25(31)28-26-19(5)15-18(4)16-20(26)6/h10-11,15-17H,7-9,12-14H2,1-6H3,(H,28,31). The highest BCUT2D eigenvalue weighted by Gasteiger charge is 2.23. The number of benzene rings is 2. The van der Waals surface area contributed by atoms with Gasteiger partial charge in [0.15, 0.2) is 0 Å². The van der Waals surface area contributed by atoms with Gasteiger partial charge in [0.05, 0.1) is 15.9 Å². The predicted molar refractivity (Wildman–Crippen MR) is 138 cm³/mol. The monoisotopic (exact) mass is 484 g/mol. The largest absolute Gasteiger partial charge is 0.328 e. The van der Waals surface area contributed by atoms with E-state index in [-0.39, 0.29) is 10.8 Å². The van der Waals surface area contributed by atoms with Crippen molar-refractivity contribution in [3.63, 3.8) is 0 Å². The number of hydrogen-bond acceptors (Lipinski definition) is 4. The van der Waals surface area contributed by atoms with Gasteiger partial charge in [0.2, 0.25) is 15.9 Å². The van der Waals surface area contributed by atoms with Crippen LogP contribution in [-0.2, 0) is 27.8 Å². The van der Waals surface area contributed by atoms with Crippen molar-refractivity contribution in [2.75, 3.05) is 18.4 Å². The van der Waals surface area contributed by atoms with Crippen LogP contribution in [0.25, 0.3) is 11.0 Å². The minimum atomic E-state index is -3.56. The number of aryl methyl sites for hydroxylation is 5. The molecule has 0 unspecified atom stereocenters. The molecule has 0 saturated carbocycles. The van der Waals surface area contributed by atoms with Crippen LogP contribution in [0.4, 0.5) is 5.69 Å². The summed E-state index contributed by atoms with van der Waals surface area (Å²) < 4.78 is 29.5. The van der Waals surface area contributed by atoms with Gasteiger partial charge in [-0.2, -0.15) is 4.31 Å². The zero-order valence-electron chi connectivity index (χ0n) is 21.1. The number of amides is 1. The van der Waals surface area contributed by atoms with E-state index in [1.165, 1.54) is 9.87 Å². The van der Waals surface area contributed by atoms with Gasteiger partial charge in [0.25, 0.3) is 0 Å². The van der Waals surface area contributed by atoms with Crippen LogP contribution in [-0.4, -0.2) is 41.3 Å². The number of rotatable bonds is 10. The Morgan fingerprint density at radius 3 is 2.26 bits per heavy atom. The summed E-state index contributed by atoms with van der Waals surface area (Å²) in [5, 5.41) is 3.05. The Hall–Kier alpha value is -2.71. The van der Waals surface area contributed by atoms with Crippen molar-refractivity contribution in [2.45, 2.75) is 72.2 Å². The molecule has 0 aliphatic rings. The number of hydrogen-bond donors (Lipinski definition) is 1. The second kappa shape index (κ2) is 10.7. The van der Waals surface area contributed by atoms with Crippen molar-refractivity contribution < 1.29 is 13.2 Å². The molecular weight excluding hydrogens is 448 g/mol. The lowest BCUT2D eigenvalue weighted by Crippen LogP contribution is -2.30. The molecule has 3 aromatic rings. The molecule has 1 heterocycles. The van der Waals surface area contributed by atoms with Crippen LogP contribution in [0.1, 0.15) is 56.1 Å². The molecule has 0 aliphatic heterocycles. The van der Waals surface area contributed by atoms with Gasteiger partial charge in [-0.15, -0.1) is 0 Å². The molecule has 1 aromatic heterocycles. The van der Waals surface area contributed by atoms with Gasteiger partial charge in [-0.1, -0.05) is 38.5 Å². The lowest BCUT2D eigenvalue weighted by Gasteiger charge is -2.18. The number of carbonyl (C=O) groups is 1. The summed E-state index contributed by atoms with van der Waals surface area (Å²) in [7, 11) is -3.56. The molecular formula is C26H36N4O3S. The molecule has 3 rings (SSSR count). The van der Waals surface area contributed by atoms with Crippen LogP contribution in [0.3, 0.4) is 0 Å². The fraction of sp³-hybridized carbons (Fsp3) is 0.462. The van der Waals surface area contributed by atoms with E-state index in [0.717, 1.165) is 41.1 Å². The Bertz CT molecular complexity index is 1270. The molecule has 8 heteroatoms. The minimum Gasteiger partial charge on any atom is -0.328 e. The number of nitrogens with zero attached hydrogens (tertiary/aromatic N) is 3. The van der Waals surface area contributed by atoms with E-state index in [9.17, 15) is 13.2 Å².